The smallest absolute Gasteiger partial charge is 0.252 e. The van der Waals surface area contributed by atoms with Crippen LogP contribution in [0.2, 0.25) is 0 Å². The third-order valence-electron chi connectivity index (χ3n) is 4.59. The van der Waals surface area contributed by atoms with Gasteiger partial charge in [-0.25, -0.2) is 17.6 Å². The number of halogens is 4. The molecule has 29 heavy (non-hydrogen) atoms. The average molecular weight is 405 g/mol. The molecule has 1 atom stereocenters. The van der Waals surface area contributed by atoms with Crippen molar-refractivity contribution in [3.05, 3.63) is 65.2 Å². The molecule has 0 heterocycles. The Labute approximate surface area is 163 Å². The number of alkyl halides is 2. The SMILES string of the molecule is N#Cc1cc(F)cc(N(C=O)C(C(=O)NC2CC(F)(F)C2)c2ccccc2F)c1. The molecule has 3 rings (SSSR count). The van der Waals surface area contributed by atoms with E-state index in [0.29, 0.717) is 0 Å². The lowest BCUT2D eigenvalue weighted by Crippen LogP contribution is -2.53. The van der Waals surface area contributed by atoms with Gasteiger partial charge in [0.05, 0.1) is 11.6 Å². The molecule has 1 unspecified atom stereocenters. The molecule has 1 aliphatic rings. The van der Waals surface area contributed by atoms with Crippen LogP contribution in [-0.4, -0.2) is 24.3 Å². The van der Waals surface area contributed by atoms with Crippen LogP contribution in [0, 0.1) is 23.0 Å². The van der Waals surface area contributed by atoms with Gasteiger partial charge in [-0.15, -0.1) is 0 Å². The van der Waals surface area contributed by atoms with Gasteiger partial charge in [0.2, 0.25) is 12.3 Å². The summed E-state index contributed by atoms with van der Waals surface area (Å²) in [5.41, 5.74) is -0.469. The van der Waals surface area contributed by atoms with E-state index in [1.165, 1.54) is 18.2 Å². The van der Waals surface area contributed by atoms with Gasteiger partial charge in [-0.2, -0.15) is 5.26 Å². The summed E-state index contributed by atoms with van der Waals surface area (Å²) in [6, 6.07) is 7.46. The minimum Gasteiger partial charge on any atom is -0.351 e. The molecule has 0 spiro atoms. The molecular weight excluding hydrogens is 390 g/mol. The largest absolute Gasteiger partial charge is 0.351 e. The molecule has 0 radical (unpaired) electrons. The van der Waals surface area contributed by atoms with E-state index >= 15 is 0 Å². The molecule has 0 aromatic heterocycles. The lowest BCUT2D eigenvalue weighted by Gasteiger charge is -2.37. The molecule has 1 N–H and O–H groups in total. The van der Waals surface area contributed by atoms with Crippen molar-refractivity contribution in [1.29, 1.82) is 5.26 Å². The second kappa shape index (κ2) is 7.91. The van der Waals surface area contributed by atoms with E-state index < -0.39 is 48.4 Å². The number of benzene rings is 2. The standard InChI is InChI=1S/C20H15F4N3O2/c21-13-5-12(10-25)6-15(7-13)27(11-28)18(16-3-1-2-4-17(16)22)19(29)26-14-8-20(23,24)9-14/h1-7,11,14,18H,8-9H2,(H,26,29). The van der Waals surface area contributed by atoms with E-state index in [-0.39, 0.29) is 23.2 Å². The first-order valence-electron chi connectivity index (χ1n) is 8.61. The van der Waals surface area contributed by atoms with Gasteiger partial charge in [0.25, 0.3) is 5.92 Å². The Morgan fingerprint density at radius 2 is 1.93 bits per heavy atom. The molecule has 1 fully saturated rings. The molecule has 1 saturated carbocycles. The predicted molar refractivity (Wildman–Crippen MR) is 94.9 cm³/mol. The van der Waals surface area contributed by atoms with Gasteiger partial charge < -0.3 is 5.32 Å². The minimum atomic E-state index is -2.89. The highest BCUT2D eigenvalue weighted by molar-refractivity contribution is 5.93. The Hall–Kier alpha value is -3.41. The summed E-state index contributed by atoms with van der Waals surface area (Å²) < 4.78 is 54.5. The third-order valence-corrected chi connectivity index (χ3v) is 4.59. The Morgan fingerprint density at radius 1 is 1.24 bits per heavy atom. The normalized spacial score (nSPS) is 16.2. The van der Waals surface area contributed by atoms with Crippen LogP contribution in [0.15, 0.2) is 42.5 Å². The van der Waals surface area contributed by atoms with Crippen molar-refractivity contribution in [3.63, 3.8) is 0 Å². The Morgan fingerprint density at radius 3 is 2.52 bits per heavy atom. The van der Waals surface area contributed by atoms with Crippen LogP contribution in [0.3, 0.4) is 0 Å². The zero-order chi connectivity index (χ0) is 21.2. The van der Waals surface area contributed by atoms with Crippen molar-refractivity contribution in [3.8, 4) is 6.07 Å². The zero-order valence-electron chi connectivity index (χ0n) is 14.9. The maximum atomic E-state index is 14.4. The number of hydrogen-bond acceptors (Lipinski definition) is 3. The molecule has 1 aliphatic carbocycles. The summed E-state index contributed by atoms with van der Waals surface area (Å²) in [7, 11) is 0. The van der Waals surface area contributed by atoms with Crippen LogP contribution in [0.5, 0.6) is 0 Å². The third kappa shape index (κ3) is 4.37. The minimum absolute atomic E-state index is 0.113. The molecule has 150 valence electrons. The number of amides is 2. The van der Waals surface area contributed by atoms with Crippen molar-refractivity contribution in [1.82, 2.24) is 5.32 Å². The summed E-state index contributed by atoms with van der Waals surface area (Å²) in [4.78, 5) is 25.4. The summed E-state index contributed by atoms with van der Waals surface area (Å²) in [5, 5.41) is 11.4. The quantitative estimate of drug-likeness (QED) is 0.591. The van der Waals surface area contributed by atoms with E-state index in [1.807, 2.05) is 0 Å². The Balaban J connectivity index is 2.01. The lowest BCUT2D eigenvalue weighted by molar-refractivity contribution is -0.131. The van der Waals surface area contributed by atoms with Gasteiger partial charge >= 0.3 is 0 Å². The maximum absolute atomic E-state index is 14.4. The number of anilines is 1. The van der Waals surface area contributed by atoms with Crippen molar-refractivity contribution < 1.29 is 27.2 Å². The zero-order valence-corrected chi connectivity index (χ0v) is 14.9. The van der Waals surface area contributed by atoms with Crippen LogP contribution in [0.4, 0.5) is 23.2 Å². The molecule has 0 bridgehead atoms. The van der Waals surface area contributed by atoms with Crippen LogP contribution in [0.25, 0.3) is 0 Å². The molecule has 0 aliphatic heterocycles. The van der Waals surface area contributed by atoms with E-state index in [9.17, 15) is 27.2 Å². The van der Waals surface area contributed by atoms with E-state index in [2.05, 4.69) is 5.32 Å². The van der Waals surface area contributed by atoms with Gasteiger partial charge in [0, 0.05) is 30.1 Å². The summed E-state index contributed by atoms with van der Waals surface area (Å²) in [6.07, 6.45) is -0.938. The van der Waals surface area contributed by atoms with Crippen LogP contribution in [0.1, 0.15) is 30.0 Å². The van der Waals surface area contributed by atoms with E-state index in [1.54, 1.807) is 6.07 Å². The molecule has 5 nitrogen and oxygen atoms in total. The van der Waals surface area contributed by atoms with Gasteiger partial charge in [-0.3, -0.25) is 14.5 Å². The molecule has 0 saturated heterocycles. The fourth-order valence-corrected chi connectivity index (χ4v) is 3.22. The number of nitriles is 1. The average Bonchev–Trinajstić information content (AvgIpc) is 2.64. The van der Waals surface area contributed by atoms with Crippen molar-refractivity contribution in [2.24, 2.45) is 0 Å². The first-order valence-corrected chi connectivity index (χ1v) is 8.61. The first kappa shape index (κ1) is 20.3. The predicted octanol–water partition coefficient (Wildman–Crippen LogP) is 3.45. The number of carbonyl (C=O) groups excluding carboxylic acids is 2. The number of hydrogen-bond donors (Lipinski definition) is 1. The van der Waals surface area contributed by atoms with Gasteiger partial charge in [0.1, 0.15) is 17.7 Å². The highest BCUT2D eigenvalue weighted by Crippen LogP contribution is 2.38. The first-order chi connectivity index (χ1) is 13.7. The van der Waals surface area contributed by atoms with Crippen molar-refractivity contribution in [2.45, 2.75) is 30.8 Å². The lowest BCUT2D eigenvalue weighted by atomic mass is 9.87. The molecular formula is C20H15F4N3O2. The van der Waals surface area contributed by atoms with Crippen molar-refractivity contribution >= 4 is 18.0 Å². The topological polar surface area (TPSA) is 73.2 Å². The number of nitrogens with zero attached hydrogens (tertiary/aromatic N) is 2. The second-order valence-corrected chi connectivity index (χ2v) is 6.72. The van der Waals surface area contributed by atoms with Gasteiger partial charge in [-0.05, 0) is 24.3 Å². The molecule has 9 heteroatoms. The highest BCUT2D eigenvalue weighted by atomic mass is 19.3. The highest BCUT2D eigenvalue weighted by Gasteiger charge is 2.47. The van der Waals surface area contributed by atoms with Gasteiger partial charge in [0.15, 0.2) is 0 Å². The van der Waals surface area contributed by atoms with Gasteiger partial charge in [-0.1, -0.05) is 18.2 Å². The number of nitrogens with one attached hydrogen (secondary N) is 1. The summed E-state index contributed by atoms with van der Waals surface area (Å²) in [5.74, 6) is -5.43. The fraction of sp³-hybridized carbons (Fsp3) is 0.250. The number of rotatable bonds is 6. The monoisotopic (exact) mass is 405 g/mol. The number of carbonyl (C=O) groups is 2. The van der Waals surface area contributed by atoms with E-state index in [0.717, 1.165) is 29.2 Å². The van der Waals surface area contributed by atoms with Crippen LogP contribution >= 0.6 is 0 Å². The van der Waals surface area contributed by atoms with Crippen LogP contribution < -0.4 is 10.2 Å². The summed E-state index contributed by atoms with van der Waals surface area (Å²) >= 11 is 0. The van der Waals surface area contributed by atoms with Crippen molar-refractivity contribution in [2.75, 3.05) is 4.90 Å². The Kier molecular flexibility index (Phi) is 5.55. The molecule has 2 aromatic carbocycles. The Bertz CT molecular complexity index is 982. The summed E-state index contributed by atoms with van der Waals surface area (Å²) in [6.45, 7) is 0. The van der Waals surface area contributed by atoms with Crippen LogP contribution in [-0.2, 0) is 9.59 Å². The molecule has 2 amide bonds. The maximum Gasteiger partial charge on any atom is 0.252 e. The van der Waals surface area contributed by atoms with E-state index in [4.69, 9.17) is 5.26 Å². The second-order valence-electron chi connectivity index (χ2n) is 6.72. The molecule has 2 aromatic rings. The fourth-order valence-electron chi connectivity index (χ4n) is 3.22.